The maximum Gasteiger partial charge on any atom is 0.264 e. The van der Waals surface area contributed by atoms with Crippen molar-refractivity contribution < 1.29 is 24.2 Å². The molecule has 2 fully saturated rings. The zero-order chi connectivity index (χ0) is 38.3. The van der Waals surface area contributed by atoms with Crippen LogP contribution in [-0.2, 0) is 38.4 Å². The Morgan fingerprint density at radius 3 is 2.49 bits per heavy atom. The van der Waals surface area contributed by atoms with Crippen LogP contribution in [0.5, 0.6) is 5.75 Å². The van der Waals surface area contributed by atoms with Gasteiger partial charge in [-0.2, -0.15) is 0 Å². The number of aliphatic hydroxyl groups is 1. The average Bonchev–Trinajstić information content (AvgIpc) is 3.88. The molecule has 1 aromatic heterocycles. The van der Waals surface area contributed by atoms with Crippen molar-refractivity contribution in [3.63, 3.8) is 0 Å². The van der Waals surface area contributed by atoms with E-state index in [-0.39, 0.29) is 29.8 Å². The first-order valence-corrected chi connectivity index (χ1v) is 19.4. The van der Waals surface area contributed by atoms with Crippen LogP contribution in [0.2, 0.25) is 0 Å². The second-order valence-electron chi connectivity index (χ2n) is 15.7. The van der Waals surface area contributed by atoms with E-state index in [1.807, 2.05) is 101 Å². The van der Waals surface area contributed by atoms with Gasteiger partial charge in [0.1, 0.15) is 17.5 Å². The number of hydrogen-bond donors (Lipinski definition) is 1. The molecular weight excluding hydrogens is 691 g/mol. The summed E-state index contributed by atoms with van der Waals surface area (Å²) >= 11 is 0. The van der Waals surface area contributed by atoms with Crippen LogP contribution in [-0.4, -0.2) is 51.7 Å². The third kappa shape index (κ3) is 6.51. The smallest absolute Gasteiger partial charge is 0.264 e. The summed E-state index contributed by atoms with van der Waals surface area (Å²) in [6.07, 6.45) is 3.60. The highest BCUT2D eigenvalue weighted by Crippen LogP contribution is 2.60. The standard InChI is InChI=1S/C45H49N5O5/c1-30-41(44(2,3)33-20-22-35(54-4)23-21-33)39(24-26-48-29-37(46-47-48)42(52)32-14-6-5-7-15-32)55-45(30)36-17-8-9-18-38(36)50(43(45)53)28-31-13-12-16-34(27-31)49-25-11-10-19-40(49)51/h5-9,12-18,20-23,27,29-30,39,41-42,52H,10-11,19,24-26,28H2,1-4H3/t30-,39+,41-,42+,45+/m0/s1. The number of piperidine rings is 1. The number of anilines is 2. The maximum atomic E-state index is 15.2. The average molecular weight is 740 g/mol. The van der Waals surface area contributed by atoms with Gasteiger partial charge >= 0.3 is 0 Å². The number of amides is 2. The van der Waals surface area contributed by atoms with E-state index < -0.39 is 17.1 Å². The van der Waals surface area contributed by atoms with Crippen molar-refractivity contribution in [1.29, 1.82) is 0 Å². The lowest BCUT2D eigenvalue weighted by molar-refractivity contribution is -0.146. The molecule has 10 nitrogen and oxygen atoms in total. The first-order valence-electron chi connectivity index (χ1n) is 19.4. The van der Waals surface area contributed by atoms with Gasteiger partial charge in [0.25, 0.3) is 5.91 Å². The Kier molecular flexibility index (Phi) is 9.81. The molecule has 5 aromatic rings. The number of fused-ring (bicyclic) bond motifs is 2. The van der Waals surface area contributed by atoms with E-state index in [0.717, 1.165) is 52.2 Å². The summed E-state index contributed by atoms with van der Waals surface area (Å²) in [6.45, 7) is 8.20. The highest BCUT2D eigenvalue weighted by molar-refractivity contribution is 6.07. The van der Waals surface area contributed by atoms with Crippen molar-refractivity contribution in [2.24, 2.45) is 11.8 Å². The van der Waals surface area contributed by atoms with Crippen molar-refractivity contribution in [1.82, 2.24) is 15.0 Å². The number of hydrogen-bond acceptors (Lipinski definition) is 7. The first kappa shape index (κ1) is 36.6. The number of methoxy groups -OCH3 is 1. The van der Waals surface area contributed by atoms with Gasteiger partial charge in [-0.3, -0.25) is 14.3 Å². The Labute approximate surface area is 322 Å². The van der Waals surface area contributed by atoms with Crippen LogP contribution < -0.4 is 14.5 Å². The Bertz CT molecular complexity index is 2170. The van der Waals surface area contributed by atoms with Crippen LogP contribution in [0.1, 0.15) is 80.5 Å². The molecule has 0 bridgehead atoms. The predicted molar refractivity (Wildman–Crippen MR) is 211 cm³/mol. The molecule has 3 aliphatic rings. The van der Waals surface area contributed by atoms with Gasteiger partial charge in [-0.15, -0.1) is 5.10 Å². The van der Waals surface area contributed by atoms with E-state index in [1.165, 1.54) is 0 Å². The maximum absolute atomic E-state index is 15.2. The summed E-state index contributed by atoms with van der Waals surface area (Å²) in [4.78, 5) is 31.8. The Hall–Kier alpha value is -5.32. The number of para-hydroxylation sites is 1. The van der Waals surface area contributed by atoms with Crippen LogP contribution in [0.25, 0.3) is 0 Å². The number of nitrogens with zero attached hydrogens (tertiary/aromatic N) is 5. The van der Waals surface area contributed by atoms with Crippen LogP contribution in [0.3, 0.4) is 0 Å². The zero-order valence-corrected chi connectivity index (χ0v) is 32.0. The predicted octanol–water partition coefficient (Wildman–Crippen LogP) is 7.35. The Morgan fingerprint density at radius 1 is 0.964 bits per heavy atom. The highest BCUT2D eigenvalue weighted by Gasteiger charge is 2.65. The first-order chi connectivity index (χ1) is 26.6. The summed E-state index contributed by atoms with van der Waals surface area (Å²) in [7, 11) is 1.67. The lowest BCUT2D eigenvalue weighted by atomic mass is 9.63. The number of ether oxygens (including phenoxy) is 2. The van der Waals surface area contributed by atoms with E-state index in [1.54, 1.807) is 18.0 Å². The lowest BCUT2D eigenvalue weighted by Gasteiger charge is -2.38. The Balaban J connectivity index is 1.12. The summed E-state index contributed by atoms with van der Waals surface area (Å²) in [6, 6.07) is 33.7. The number of aliphatic hydroxyl groups excluding tert-OH is 1. The second-order valence-corrected chi connectivity index (χ2v) is 15.7. The minimum Gasteiger partial charge on any atom is -0.497 e. The molecule has 1 spiro atoms. The van der Waals surface area contributed by atoms with Gasteiger partial charge in [0.05, 0.1) is 31.6 Å². The van der Waals surface area contributed by atoms with Crippen molar-refractivity contribution >= 4 is 23.2 Å². The van der Waals surface area contributed by atoms with Gasteiger partial charge in [0.2, 0.25) is 5.91 Å². The van der Waals surface area contributed by atoms with Crippen molar-refractivity contribution in [3.05, 3.63) is 137 Å². The molecule has 4 aromatic carbocycles. The number of rotatable bonds is 11. The summed E-state index contributed by atoms with van der Waals surface area (Å²) in [5.74, 6) is 0.560. The van der Waals surface area contributed by atoms with Crippen LogP contribution in [0, 0.1) is 11.8 Å². The molecule has 1 N–H and O–H groups in total. The minimum atomic E-state index is -1.22. The summed E-state index contributed by atoms with van der Waals surface area (Å²) in [5.41, 5.74) is 4.28. The summed E-state index contributed by atoms with van der Waals surface area (Å²) in [5, 5.41) is 19.7. The lowest BCUT2D eigenvalue weighted by Crippen LogP contribution is -2.45. The quantitative estimate of drug-likeness (QED) is 0.151. The van der Waals surface area contributed by atoms with Gasteiger partial charge in [-0.25, -0.2) is 0 Å². The van der Waals surface area contributed by atoms with Crippen molar-refractivity contribution in [3.8, 4) is 5.75 Å². The monoisotopic (exact) mass is 739 g/mol. The van der Waals surface area contributed by atoms with Gasteiger partial charge in [-0.1, -0.05) is 98.8 Å². The minimum absolute atomic E-state index is 0.0762. The number of carbonyl (C=O) groups excluding carboxylic acids is 2. The van der Waals surface area contributed by atoms with E-state index in [0.29, 0.717) is 38.2 Å². The summed E-state index contributed by atoms with van der Waals surface area (Å²) < 4.78 is 14.5. The van der Waals surface area contributed by atoms with Crippen molar-refractivity contribution in [2.45, 2.75) is 82.8 Å². The van der Waals surface area contributed by atoms with Crippen molar-refractivity contribution in [2.75, 3.05) is 23.5 Å². The third-order valence-corrected chi connectivity index (χ3v) is 12.2. The molecule has 3 aliphatic heterocycles. The molecule has 0 saturated carbocycles. The van der Waals surface area contributed by atoms with E-state index in [2.05, 4.69) is 43.2 Å². The number of aromatic nitrogens is 3. The SMILES string of the molecule is COc1ccc(C(C)(C)[C@@H]2[C@@H](CCn3cc([C@H](O)c4ccccc4)nn3)O[C@]3(C(=O)N(Cc4cccc(N5CCCCC5=O)c4)c4ccccc43)[C@H]2C)cc1. The van der Waals surface area contributed by atoms with E-state index in [9.17, 15) is 9.90 Å². The van der Waals surface area contributed by atoms with E-state index in [4.69, 9.17) is 9.47 Å². The van der Waals surface area contributed by atoms with Gasteiger partial charge in [0.15, 0.2) is 5.60 Å². The fourth-order valence-corrected chi connectivity index (χ4v) is 9.39. The molecular formula is C45H49N5O5. The topological polar surface area (TPSA) is 110 Å². The van der Waals surface area contributed by atoms with Crippen LogP contribution in [0.15, 0.2) is 109 Å². The molecule has 0 radical (unpaired) electrons. The third-order valence-electron chi connectivity index (χ3n) is 12.2. The normalized spacial score (nSPS) is 23.0. The molecule has 4 heterocycles. The van der Waals surface area contributed by atoms with Gasteiger partial charge < -0.3 is 24.4 Å². The number of aryl methyl sites for hydroxylation is 1. The molecule has 284 valence electrons. The molecule has 0 unspecified atom stereocenters. The fourth-order valence-electron chi connectivity index (χ4n) is 9.39. The molecule has 5 atom stereocenters. The number of carbonyl (C=O) groups is 2. The van der Waals surface area contributed by atoms with Gasteiger partial charge in [0, 0.05) is 42.6 Å². The van der Waals surface area contributed by atoms with E-state index >= 15 is 4.79 Å². The number of benzene rings is 4. The molecule has 0 aliphatic carbocycles. The molecule has 8 rings (SSSR count). The van der Waals surface area contributed by atoms with Gasteiger partial charge in [-0.05, 0) is 71.7 Å². The Morgan fingerprint density at radius 2 is 1.73 bits per heavy atom. The fraction of sp³-hybridized carbons (Fsp3) is 0.378. The highest BCUT2D eigenvalue weighted by atomic mass is 16.5. The largest absolute Gasteiger partial charge is 0.497 e. The molecule has 55 heavy (non-hydrogen) atoms. The zero-order valence-electron chi connectivity index (χ0n) is 32.0. The molecule has 2 amide bonds. The molecule has 2 saturated heterocycles. The van der Waals surface area contributed by atoms with Crippen LogP contribution in [0.4, 0.5) is 11.4 Å². The molecule has 10 heteroatoms. The van der Waals surface area contributed by atoms with Crippen LogP contribution >= 0.6 is 0 Å². The second kappa shape index (κ2) is 14.7.